The summed E-state index contributed by atoms with van der Waals surface area (Å²) in [4.78, 5) is 3.91. The summed E-state index contributed by atoms with van der Waals surface area (Å²) in [6.45, 7) is 0.677. The minimum absolute atomic E-state index is 0.0666. The van der Waals surface area contributed by atoms with E-state index in [1.165, 1.54) is 12.6 Å². The molecule has 17 heavy (non-hydrogen) atoms. The van der Waals surface area contributed by atoms with Gasteiger partial charge in [0, 0.05) is 25.3 Å². The van der Waals surface area contributed by atoms with Crippen molar-refractivity contribution < 1.29 is 12.9 Å². The molecule has 0 bridgehead atoms. The normalized spacial score (nSPS) is 25.2. The number of aromatic nitrogens is 2. The molecule has 1 saturated carbocycles. The lowest BCUT2D eigenvalue weighted by molar-refractivity contribution is 0.408. The fourth-order valence-corrected chi connectivity index (χ4v) is 3.77. The van der Waals surface area contributed by atoms with Crippen LogP contribution in [0, 0.1) is 0 Å². The number of sulfone groups is 1. The van der Waals surface area contributed by atoms with Crippen molar-refractivity contribution in [1.29, 1.82) is 0 Å². The van der Waals surface area contributed by atoms with Crippen LogP contribution in [0.1, 0.15) is 25.1 Å². The van der Waals surface area contributed by atoms with Gasteiger partial charge < -0.3 is 9.84 Å². The van der Waals surface area contributed by atoms with Gasteiger partial charge in [0.15, 0.2) is 15.7 Å². The molecule has 1 heterocycles. The highest BCUT2D eigenvalue weighted by Gasteiger charge is 2.34. The molecular formula is C10H17N3O3S. The van der Waals surface area contributed by atoms with Gasteiger partial charge in [-0.3, -0.25) is 0 Å². The summed E-state index contributed by atoms with van der Waals surface area (Å²) >= 11 is 0. The molecule has 0 saturated heterocycles. The molecule has 0 amide bonds. The Morgan fingerprint density at radius 3 is 3.00 bits per heavy atom. The van der Waals surface area contributed by atoms with Crippen LogP contribution in [-0.2, 0) is 16.3 Å². The van der Waals surface area contributed by atoms with E-state index < -0.39 is 9.84 Å². The molecule has 1 N–H and O–H groups in total. The van der Waals surface area contributed by atoms with Crippen LogP contribution < -0.4 is 5.32 Å². The van der Waals surface area contributed by atoms with Crippen LogP contribution >= 0.6 is 0 Å². The van der Waals surface area contributed by atoms with Crippen molar-refractivity contribution in [1.82, 2.24) is 15.5 Å². The Hall–Kier alpha value is -0.950. The van der Waals surface area contributed by atoms with Gasteiger partial charge in [-0.2, -0.15) is 4.98 Å². The number of hydrogen-bond donors (Lipinski definition) is 1. The summed E-state index contributed by atoms with van der Waals surface area (Å²) in [5, 5.41) is 6.74. The van der Waals surface area contributed by atoms with Gasteiger partial charge in [0.2, 0.25) is 6.39 Å². The standard InChI is InChI=1S/C10H17N3O3S/c1-17(14,15)9-4-2-3-8(9)11-6-5-10-12-7-16-13-10/h7-9,11H,2-6H2,1H3. The Balaban J connectivity index is 1.82. The Labute approximate surface area is 101 Å². The van der Waals surface area contributed by atoms with Gasteiger partial charge in [0.1, 0.15) is 0 Å². The van der Waals surface area contributed by atoms with E-state index in [1.54, 1.807) is 0 Å². The number of nitrogens with zero attached hydrogens (tertiary/aromatic N) is 2. The predicted octanol–water partition coefficient (Wildman–Crippen LogP) is 0.167. The highest BCUT2D eigenvalue weighted by atomic mass is 32.2. The smallest absolute Gasteiger partial charge is 0.213 e. The molecule has 2 unspecified atom stereocenters. The fourth-order valence-electron chi connectivity index (χ4n) is 2.34. The molecule has 2 atom stereocenters. The molecule has 0 radical (unpaired) electrons. The van der Waals surface area contributed by atoms with Crippen molar-refractivity contribution in [3.63, 3.8) is 0 Å². The molecule has 0 aliphatic heterocycles. The van der Waals surface area contributed by atoms with Crippen molar-refractivity contribution in [2.75, 3.05) is 12.8 Å². The van der Waals surface area contributed by atoms with Gasteiger partial charge in [-0.05, 0) is 12.8 Å². The second-order valence-electron chi connectivity index (χ2n) is 4.46. The van der Waals surface area contributed by atoms with Crippen molar-refractivity contribution >= 4 is 9.84 Å². The van der Waals surface area contributed by atoms with Gasteiger partial charge in [-0.1, -0.05) is 11.6 Å². The summed E-state index contributed by atoms with van der Waals surface area (Å²) in [5.41, 5.74) is 0. The summed E-state index contributed by atoms with van der Waals surface area (Å²) in [6.07, 6.45) is 5.92. The van der Waals surface area contributed by atoms with Crippen molar-refractivity contribution in [3.05, 3.63) is 12.2 Å². The van der Waals surface area contributed by atoms with Crippen LogP contribution in [0.2, 0.25) is 0 Å². The molecular weight excluding hydrogens is 242 g/mol. The third-order valence-corrected chi connectivity index (χ3v) is 4.83. The van der Waals surface area contributed by atoms with Gasteiger partial charge >= 0.3 is 0 Å². The highest BCUT2D eigenvalue weighted by molar-refractivity contribution is 7.91. The molecule has 0 spiro atoms. The van der Waals surface area contributed by atoms with E-state index in [-0.39, 0.29) is 11.3 Å². The minimum atomic E-state index is -2.95. The molecule has 1 fully saturated rings. The van der Waals surface area contributed by atoms with Gasteiger partial charge in [0.25, 0.3) is 0 Å². The van der Waals surface area contributed by atoms with Crippen LogP contribution in [0.15, 0.2) is 10.9 Å². The van der Waals surface area contributed by atoms with Crippen LogP contribution in [0.3, 0.4) is 0 Å². The average Bonchev–Trinajstić information content (AvgIpc) is 2.86. The molecule has 2 rings (SSSR count). The zero-order valence-electron chi connectivity index (χ0n) is 9.80. The third kappa shape index (κ3) is 3.26. The van der Waals surface area contributed by atoms with E-state index in [0.29, 0.717) is 18.8 Å². The lowest BCUT2D eigenvalue weighted by Gasteiger charge is -2.18. The second-order valence-corrected chi connectivity index (χ2v) is 6.72. The zero-order valence-corrected chi connectivity index (χ0v) is 10.6. The first-order valence-corrected chi connectivity index (χ1v) is 7.70. The van der Waals surface area contributed by atoms with Crippen LogP contribution in [0.5, 0.6) is 0 Å². The molecule has 1 aliphatic carbocycles. The van der Waals surface area contributed by atoms with Crippen LogP contribution in [-0.4, -0.2) is 42.7 Å². The number of nitrogens with one attached hydrogen (secondary N) is 1. The first-order chi connectivity index (χ1) is 8.07. The van der Waals surface area contributed by atoms with Crippen molar-refractivity contribution in [2.45, 2.75) is 37.0 Å². The second kappa shape index (κ2) is 5.14. The van der Waals surface area contributed by atoms with E-state index in [2.05, 4.69) is 20.0 Å². The average molecular weight is 259 g/mol. The summed E-state index contributed by atoms with van der Waals surface area (Å²) < 4.78 is 27.7. The summed E-state index contributed by atoms with van der Waals surface area (Å²) in [7, 11) is -2.95. The number of rotatable bonds is 5. The Kier molecular flexibility index (Phi) is 3.78. The van der Waals surface area contributed by atoms with E-state index in [9.17, 15) is 8.42 Å². The number of hydrogen-bond acceptors (Lipinski definition) is 6. The predicted molar refractivity (Wildman–Crippen MR) is 62.3 cm³/mol. The molecule has 1 aromatic heterocycles. The van der Waals surface area contributed by atoms with Gasteiger partial charge in [-0.25, -0.2) is 8.42 Å². The first-order valence-electron chi connectivity index (χ1n) is 5.75. The molecule has 1 aromatic rings. The maximum absolute atomic E-state index is 11.6. The topological polar surface area (TPSA) is 85.1 Å². The first kappa shape index (κ1) is 12.5. The largest absolute Gasteiger partial charge is 0.343 e. The van der Waals surface area contributed by atoms with E-state index in [1.807, 2.05) is 0 Å². The maximum Gasteiger partial charge on any atom is 0.213 e. The lowest BCUT2D eigenvalue weighted by Crippen LogP contribution is -2.40. The van der Waals surface area contributed by atoms with E-state index in [0.717, 1.165) is 19.3 Å². The van der Waals surface area contributed by atoms with Crippen LogP contribution in [0.4, 0.5) is 0 Å². The van der Waals surface area contributed by atoms with Crippen molar-refractivity contribution in [3.8, 4) is 0 Å². The monoisotopic (exact) mass is 259 g/mol. The Morgan fingerprint density at radius 1 is 1.53 bits per heavy atom. The lowest BCUT2D eigenvalue weighted by atomic mass is 10.2. The van der Waals surface area contributed by atoms with E-state index >= 15 is 0 Å². The summed E-state index contributed by atoms with van der Waals surface area (Å²) in [5.74, 6) is 0.645. The quantitative estimate of drug-likeness (QED) is 0.811. The highest BCUT2D eigenvalue weighted by Crippen LogP contribution is 2.24. The Bertz CT molecular complexity index is 443. The van der Waals surface area contributed by atoms with E-state index in [4.69, 9.17) is 0 Å². The van der Waals surface area contributed by atoms with Gasteiger partial charge in [0.05, 0.1) is 5.25 Å². The molecule has 96 valence electrons. The SMILES string of the molecule is CS(=O)(=O)C1CCCC1NCCc1ncon1. The third-order valence-electron chi connectivity index (χ3n) is 3.16. The minimum Gasteiger partial charge on any atom is -0.343 e. The van der Waals surface area contributed by atoms with Gasteiger partial charge in [-0.15, -0.1) is 0 Å². The zero-order chi connectivity index (χ0) is 12.3. The fraction of sp³-hybridized carbons (Fsp3) is 0.800. The molecule has 7 heteroatoms. The molecule has 6 nitrogen and oxygen atoms in total. The molecule has 1 aliphatic rings. The van der Waals surface area contributed by atoms with Crippen molar-refractivity contribution in [2.24, 2.45) is 0 Å². The Morgan fingerprint density at radius 2 is 2.35 bits per heavy atom. The summed E-state index contributed by atoms with van der Waals surface area (Å²) in [6, 6.07) is 0.0666. The molecule has 0 aromatic carbocycles. The maximum atomic E-state index is 11.6. The van der Waals surface area contributed by atoms with Crippen LogP contribution in [0.25, 0.3) is 0 Å².